The predicted molar refractivity (Wildman–Crippen MR) is 89.9 cm³/mol. The van der Waals surface area contributed by atoms with Crippen molar-refractivity contribution in [2.24, 2.45) is 11.8 Å². The molecular formula is C18H27N3O. The first-order chi connectivity index (χ1) is 10.7. The van der Waals surface area contributed by atoms with Gasteiger partial charge < -0.3 is 15.1 Å². The van der Waals surface area contributed by atoms with Crippen LogP contribution < -0.4 is 10.2 Å². The molecule has 0 bridgehead atoms. The Kier molecular flexibility index (Phi) is 4.67. The van der Waals surface area contributed by atoms with Crippen molar-refractivity contribution >= 4 is 11.6 Å². The predicted octanol–water partition coefficient (Wildman–Crippen LogP) is 2.10. The Bertz CT molecular complexity index is 521. The van der Waals surface area contributed by atoms with Crippen molar-refractivity contribution in [3.05, 3.63) is 29.8 Å². The minimum Gasteiger partial charge on any atom is -0.371 e. The molecule has 1 N–H and O–H groups in total. The van der Waals surface area contributed by atoms with Crippen LogP contribution in [0.1, 0.15) is 25.3 Å². The van der Waals surface area contributed by atoms with E-state index in [1.807, 2.05) is 11.9 Å². The minimum absolute atomic E-state index is 0.116. The lowest BCUT2D eigenvalue weighted by Gasteiger charge is -2.34. The van der Waals surface area contributed by atoms with Crippen molar-refractivity contribution in [3.8, 4) is 0 Å². The molecule has 0 spiro atoms. The van der Waals surface area contributed by atoms with Crippen LogP contribution in [0.4, 0.5) is 5.69 Å². The molecule has 4 heteroatoms. The molecule has 120 valence electrons. The fourth-order valence-electron chi connectivity index (χ4n) is 3.46. The fraction of sp³-hybridized carbons (Fsp3) is 0.611. The van der Waals surface area contributed by atoms with Gasteiger partial charge in [-0.25, -0.2) is 0 Å². The van der Waals surface area contributed by atoms with Gasteiger partial charge in [0, 0.05) is 38.3 Å². The van der Waals surface area contributed by atoms with Gasteiger partial charge in [0.05, 0.1) is 0 Å². The molecule has 0 saturated carbocycles. The molecule has 1 aromatic rings. The second kappa shape index (κ2) is 6.69. The molecule has 2 fully saturated rings. The molecular weight excluding hydrogens is 274 g/mol. The van der Waals surface area contributed by atoms with E-state index >= 15 is 0 Å². The lowest BCUT2D eigenvalue weighted by Crippen LogP contribution is -2.49. The third-order valence-corrected chi connectivity index (χ3v) is 5.13. The standard InChI is InChI=1S/C18H27N3O/c1-14(16-11-19-12-16)18(22)20(2)13-15-7-3-4-8-17(15)21-9-5-6-10-21/h3-4,7-8,14,16,19H,5-6,9-13H2,1-2H3. The summed E-state index contributed by atoms with van der Waals surface area (Å²) in [7, 11) is 1.94. The largest absolute Gasteiger partial charge is 0.371 e. The molecule has 2 aliphatic rings. The number of carbonyl (C=O) groups excluding carboxylic acids is 1. The minimum atomic E-state index is 0.116. The molecule has 2 saturated heterocycles. The lowest BCUT2D eigenvalue weighted by atomic mass is 9.88. The Balaban J connectivity index is 1.68. The third kappa shape index (κ3) is 3.12. The Labute approximate surface area is 133 Å². The van der Waals surface area contributed by atoms with Crippen LogP contribution in [0.25, 0.3) is 0 Å². The summed E-state index contributed by atoms with van der Waals surface area (Å²) < 4.78 is 0. The summed E-state index contributed by atoms with van der Waals surface area (Å²) in [6.07, 6.45) is 2.55. The van der Waals surface area contributed by atoms with Gasteiger partial charge in [0.15, 0.2) is 0 Å². The van der Waals surface area contributed by atoms with Crippen LogP contribution in [0.3, 0.4) is 0 Å². The third-order valence-electron chi connectivity index (χ3n) is 5.13. The number of benzene rings is 1. The van der Waals surface area contributed by atoms with E-state index in [4.69, 9.17) is 0 Å². The number of carbonyl (C=O) groups is 1. The van der Waals surface area contributed by atoms with Gasteiger partial charge in [-0.05, 0) is 43.5 Å². The van der Waals surface area contributed by atoms with Gasteiger partial charge in [-0.3, -0.25) is 4.79 Å². The normalized spacial score (nSPS) is 19.8. The van der Waals surface area contributed by atoms with Crippen LogP contribution in [0.2, 0.25) is 0 Å². The number of anilines is 1. The molecule has 1 amide bonds. The van der Waals surface area contributed by atoms with E-state index in [-0.39, 0.29) is 11.8 Å². The van der Waals surface area contributed by atoms with Crippen LogP contribution in [-0.2, 0) is 11.3 Å². The van der Waals surface area contributed by atoms with Crippen LogP contribution in [0, 0.1) is 11.8 Å². The maximum absolute atomic E-state index is 12.6. The summed E-state index contributed by atoms with van der Waals surface area (Å²) >= 11 is 0. The maximum Gasteiger partial charge on any atom is 0.225 e. The summed E-state index contributed by atoms with van der Waals surface area (Å²) in [5.74, 6) is 0.886. The van der Waals surface area contributed by atoms with Crippen molar-refractivity contribution in [3.63, 3.8) is 0 Å². The second-order valence-corrected chi connectivity index (χ2v) is 6.72. The summed E-state index contributed by atoms with van der Waals surface area (Å²) in [4.78, 5) is 17.0. The number of amides is 1. The average molecular weight is 301 g/mol. The van der Waals surface area contributed by atoms with Crippen LogP contribution >= 0.6 is 0 Å². The van der Waals surface area contributed by atoms with E-state index in [0.717, 1.165) is 26.2 Å². The molecule has 2 heterocycles. The molecule has 0 aromatic heterocycles. The Hall–Kier alpha value is -1.55. The van der Waals surface area contributed by atoms with Crippen molar-refractivity contribution in [1.82, 2.24) is 10.2 Å². The van der Waals surface area contributed by atoms with E-state index in [0.29, 0.717) is 12.5 Å². The van der Waals surface area contributed by atoms with Crippen molar-refractivity contribution in [2.75, 3.05) is 38.1 Å². The summed E-state index contributed by atoms with van der Waals surface area (Å²) in [6, 6.07) is 8.53. The van der Waals surface area contributed by atoms with Gasteiger partial charge in [0.1, 0.15) is 0 Å². The molecule has 0 aliphatic carbocycles. The smallest absolute Gasteiger partial charge is 0.225 e. The molecule has 0 radical (unpaired) electrons. The number of rotatable bonds is 5. The number of hydrogen-bond donors (Lipinski definition) is 1. The average Bonchev–Trinajstić information content (AvgIpc) is 2.99. The number of nitrogens with one attached hydrogen (secondary N) is 1. The molecule has 2 aliphatic heterocycles. The van der Waals surface area contributed by atoms with E-state index < -0.39 is 0 Å². The van der Waals surface area contributed by atoms with Gasteiger partial charge >= 0.3 is 0 Å². The maximum atomic E-state index is 12.6. The first-order valence-electron chi connectivity index (χ1n) is 8.45. The first kappa shape index (κ1) is 15.3. The van der Waals surface area contributed by atoms with Crippen molar-refractivity contribution in [2.45, 2.75) is 26.3 Å². The highest BCUT2D eigenvalue weighted by Crippen LogP contribution is 2.26. The summed E-state index contributed by atoms with van der Waals surface area (Å²) in [5.41, 5.74) is 2.57. The highest BCUT2D eigenvalue weighted by molar-refractivity contribution is 5.79. The van der Waals surface area contributed by atoms with E-state index in [9.17, 15) is 4.79 Å². The topological polar surface area (TPSA) is 35.6 Å². The fourth-order valence-corrected chi connectivity index (χ4v) is 3.46. The molecule has 1 unspecified atom stereocenters. The van der Waals surface area contributed by atoms with Gasteiger partial charge in [0.25, 0.3) is 0 Å². The first-order valence-corrected chi connectivity index (χ1v) is 8.45. The zero-order valence-electron chi connectivity index (χ0n) is 13.7. The quantitative estimate of drug-likeness (QED) is 0.905. The zero-order valence-corrected chi connectivity index (χ0v) is 13.7. The summed E-state index contributed by atoms with van der Waals surface area (Å²) in [6.45, 7) is 7.00. The molecule has 1 aromatic carbocycles. The van der Waals surface area contributed by atoms with Gasteiger partial charge in [-0.2, -0.15) is 0 Å². The Morgan fingerprint density at radius 3 is 2.64 bits per heavy atom. The molecule has 22 heavy (non-hydrogen) atoms. The number of para-hydroxylation sites is 1. The van der Waals surface area contributed by atoms with E-state index in [1.165, 1.54) is 24.1 Å². The lowest BCUT2D eigenvalue weighted by molar-refractivity contribution is -0.136. The SMILES string of the molecule is CC(C(=O)N(C)Cc1ccccc1N1CCCC1)C1CNC1. The van der Waals surface area contributed by atoms with Crippen LogP contribution in [0.5, 0.6) is 0 Å². The molecule has 1 atom stereocenters. The van der Waals surface area contributed by atoms with Crippen molar-refractivity contribution in [1.29, 1.82) is 0 Å². The van der Waals surface area contributed by atoms with Gasteiger partial charge in [-0.1, -0.05) is 25.1 Å². The monoisotopic (exact) mass is 301 g/mol. The van der Waals surface area contributed by atoms with E-state index in [1.54, 1.807) is 0 Å². The Morgan fingerprint density at radius 2 is 2.00 bits per heavy atom. The van der Waals surface area contributed by atoms with Gasteiger partial charge in [0.2, 0.25) is 5.91 Å². The van der Waals surface area contributed by atoms with Gasteiger partial charge in [-0.15, -0.1) is 0 Å². The molecule has 4 nitrogen and oxygen atoms in total. The second-order valence-electron chi connectivity index (χ2n) is 6.72. The van der Waals surface area contributed by atoms with Crippen LogP contribution in [-0.4, -0.2) is 44.0 Å². The zero-order chi connectivity index (χ0) is 15.5. The highest BCUT2D eigenvalue weighted by atomic mass is 16.2. The highest BCUT2D eigenvalue weighted by Gasteiger charge is 2.30. The van der Waals surface area contributed by atoms with E-state index in [2.05, 4.69) is 41.4 Å². The molecule has 3 rings (SSSR count). The Morgan fingerprint density at radius 1 is 1.32 bits per heavy atom. The van der Waals surface area contributed by atoms with Crippen molar-refractivity contribution < 1.29 is 4.79 Å². The van der Waals surface area contributed by atoms with Crippen LogP contribution in [0.15, 0.2) is 24.3 Å². The summed E-state index contributed by atoms with van der Waals surface area (Å²) in [5, 5.41) is 3.25. The number of nitrogens with zero attached hydrogens (tertiary/aromatic N) is 2. The number of hydrogen-bond acceptors (Lipinski definition) is 3.